The molecule has 0 fully saturated rings. The van der Waals surface area contributed by atoms with Crippen molar-refractivity contribution in [2.24, 2.45) is 0 Å². The zero-order valence-electron chi connectivity index (χ0n) is 16.6. The maximum atomic E-state index is 13.6. The lowest BCUT2D eigenvalue weighted by Crippen LogP contribution is -2.37. The van der Waals surface area contributed by atoms with Gasteiger partial charge in [0.05, 0.1) is 5.56 Å². The summed E-state index contributed by atoms with van der Waals surface area (Å²) in [5.74, 6) is -0.724. The monoisotopic (exact) mass is 412 g/mol. The minimum Gasteiger partial charge on any atom is -0.350 e. The van der Waals surface area contributed by atoms with Gasteiger partial charge in [-0.05, 0) is 23.3 Å². The quantitative estimate of drug-likeness (QED) is 0.354. The van der Waals surface area contributed by atoms with Crippen LogP contribution in [0.2, 0.25) is 0 Å². The molecule has 3 N–H and O–H groups in total. The van der Waals surface area contributed by atoms with Crippen molar-refractivity contribution in [3.8, 4) is 11.1 Å². The molecular weight excluding hydrogens is 392 g/mol. The molecule has 7 nitrogen and oxygen atoms in total. The molecule has 7 heteroatoms. The van der Waals surface area contributed by atoms with Gasteiger partial charge in [0, 0.05) is 47.9 Å². The average Bonchev–Trinajstić information content (AvgIpc) is 3.22. The van der Waals surface area contributed by atoms with Crippen LogP contribution in [0.1, 0.15) is 32.1 Å². The lowest BCUT2D eigenvalue weighted by atomic mass is 10.00. The van der Waals surface area contributed by atoms with E-state index in [2.05, 4.69) is 9.97 Å². The van der Waals surface area contributed by atoms with E-state index < -0.39 is 5.91 Å². The van der Waals surface area contributed by atoms with Crippen LogP contribution in [0.25, 0.3) is 22.0 Å². The first-order valence-corrected chi connectivity index (χ1v) is 10.0. The predicted octanol–water partition coefficient (Wildman–Crippen LogP) is 3.55. The highest BCUT2D eigenvalue weighted by molar-refractivity contribution is 6.09. The number of H-pyrrole nitrogens is 1. The Morgan fingerprint density at radius 3 is 2.65 bits per heavy atom. The van der Waals surface area contributed by atoms with E-state index in [-0.39, 0.29) is 11.5 Å². The molecular formula is C24H20N4O3. The van der Waals surface area contributed by atoms with Gasteiger partial charge in [0.1, 0.15) is 5.69 Å². The maximum Gasteiger partial charge on any atom is 0.276 e. The van der Waals surface area contributed by atoms with E-state index in [4.69, 9.17) is 5.21 Å². The van der Waals surface area contributed by atoms with Crippen molar-refractivity contribution in [3.05, 3.63) is 89.4 Å². The maximum absolute atomic E-state index is 13.6. The Morgan fingerprint density at radius 2 is 1.84 bits per heavy atom. The van der Waals surface area contributed by atoms with Crippen LogP contribution in [0.4, 0.5) is 0 Å². The van der Waals surface area contributed by atoms with Gasteiger partial charge in [-0.15, -0.1) is 0 Å². The summed E-state index contributed by atoms with van der Waals surface area (Å²) in [6.45, 7) is 0.880. The molecule has 0 atom stereocenters. The molecule has 0 bridgehead atoms. The number of hydrogen-bond donors (Lipinski definition) is 3. The fourth-order valence-electron chi connectivity index (χ4n) is 4.15. The first-order chi connectivity index (χ1) is 15.2. The highest BCUT2D eigenvalue weighted by atomic mass is 16.5. The second kappa shape index (κ2) is 7.70. The molecule has 0 spiro atoms. The van der Waals surface area contributed by atoms with Crippen LogP contribution in [-0.2, 0) is 13.0 Å². The zero-order valence-corrected chi connectivity index (χ0v) is 16.6. The number of rotatable bonds is 3. The topological polar surface area (TPSA) is 98.3 Å². The lowest BCUT2D eigenvalue weighted by Gasteiger charge is -2.28. The number of pyridine rings is 1. The van der Waals surface area contributed by atoms with Crippen LogP contribution in [-0.4, -0.2) is 38.4 Å². The molecule has 2 aromatic carbocycles. The number of amides is 2. The fraction of sp³-hybridized carbons (Fsp3) is 0.125. The number of hydroxylamine groups is 1. The molecule has 0 radical (unpaired) electrons. The Labute approximate surface area is 178 Å². The van der Waals surface area contributed by atoms with Crippen LogP contribution >= 0.6 is 0 Å². The molecule has 3 heterocycles. The molecule has 31 heavy (non-hydrogen) atoms. The van der Waals surface area contributed by atoms with Crippen LogP contribution in [0.3, 0.4) is 0 Å². The van der Waals surface area contributed by atoms with Gasteiger partial charge in [-0.2, -0.15) is 0 Å². The Kier molecular flexibility index (Phi) is 4.72. The van der Waals surface area contributed by atoms with Gasteiger partial charge in [-0.1, -0.05) is 48.5 Å². The minimum absolute atomic E-state index is 0.0993. The van der Waals surface area contributed by atoms with Crippen LogP contribution < -0.4 is 5.48 Å². The van der Waals surface area contributed by atoms with Gasteiger partial charge in [0.15, 0.2) is 0 Å². The summed E-state index contributed by atoms with van der Waals surface area (Å²) in [7, 11) is 0. The average molecular weight is 412 g/mol. The summed E-state index contributed by atoms with van der Waals surface area (Å²) < 4.78 is 0. The molecule has 1 aliphatic rings. The zero-order chi connectivity index (χ0) is 21.4. The van der Waals surface area contributed by atoms with E-state index in [9.17, 15) is 9.59 Å². The molecule has 5 rings (SSSR count). The molecule has 0 unspecified atom stereocenters. The predicted molar refractivity (Wildman–Crippen MR) is 116 cm³/mol. The number of nitrogens with zero attached hydrogens (tertiary/aromatic N) is 2. The van der Waals surface area contributed by atoms with Crippen molar-refractivity contribution in [2.75, 3.05) is 6.54 Å². The largest absolute Gasteiger partial charge is 0.350 e. The first kappa shape index (κ1) is 19.0. The van der Waals surface area contributed by atoms with Gasteiger partial charge in [0.2, 0.25) is 0 Å². The molecule has 0 saturated heterocycles. The standard InChI is InChI=1S/C24H20N4O3/c29-23(27-31)16-12-17-14-28(11-10-19(17)25-13-16)24(30)22-21(15-6-2-1-3-7-15)18-8-4-5-9-20(18)26-22/h1-9,12-13,26,31H,10-11,14H2,(H,27,29). The number of fused-ring (bicyclic) bond motifs is 2. The molecule has 0 aliphatic carbocycles. The van der Waals surface area contributed by atoms with Gasteiger partial charge in [-0.3, -0.25) is 19.8 Å². The van der Waals surface area contributed by atoms with Gasteiger partial charge in [0.25, 0.3) is 11.8 Å². The summed E-state index contributed by atoms with van der Waals surface area (Å²) in [6, 6.07) is 19.4. The summed E-state index contributed by atoms with van der Waals surface area (Å²) >= 11 is 0. The summed E-state index contributed by atoms with van der Waals surface area (Å²) in [5.41, 5.74) is 6.86. The van der Waals surface area contributed by atoms with Gasteiger partial charge >= 0.3 is 0 Å². The van der Waals surface area contributed by atoms with E-state index in [1.54, 1.807) is 16.4 Å². The number of para-hydroxylation sites is 1. The normalized spacial score (nSPS) is 13.1. The Hall–Kier alpha value is -3.97. The molecule has 2 amide bonds. The van der Waals surface area contributed by atoms with Crippen molar-refractivity contribution < 1.29 is 14.8 Å². The second-order valence-electron chi connectivity index (χ2n) is 7.53. The number of aromatic amines is 1. The van der Waals surface area contributed by atoms with Crippen LogP contribution in [0, 0.1) is 0 Å². The Balaban J connectivity index is 1.54. The van der Waals surface area contributed by atoms with E-state index in [1.807, 2.05) is 54.6 Å². The van der Waals surface area contributed by atoms with E-state index in [1.165, 1.54) is 6.20 Å². The minimum atomic E-state index is -0.624. The second-order valence-corrected chi connectivity index (χ2v) is 7.53. The first-order valence-electron chi connectivity index (χ1n) is 10.0. The Morgan fingerprint density at radius 1 is 1.06 bits per heavy atom. The number of benzene rings is 2. The number of aromatic nitrogens is 2. The summed E-state index contributed by atoms with van der Waals surface area (Å²) in [5, 5.41) is 9.89. The van der Waals surface area contributed by atoms with Crippen LogP contribution in [0.5, 0.6) is 0 Å². The fourth-order valence-corrected chi connectivity index (χ4v) is 4.15. The molecule has 2 aromatic heterocycles. The SMILES string of the molecule is O=C(NO)c1cnc2c(c1)CN(C(=O)c1[nH]c3ccccc3c1-c1ccccc1)CC2. The van der Waals surface area contributed by atoms with E-state index >= 15 is 0 Å². The number of nitrogens with one attached hydrogen (secondary N) is 2. The highest BCUT2D eigenvalue weighted by Crippen LogP contribution is 2.33. The summed E-state index contributed by atoms with van der Waals surface area (Å²) in [4.78, 5) is 34.8. The molecule has 154 valence electrons. The number of carbonyl (C=O) groups excluding carboxylic acids is 2. The third-order valence-corrected chi connectivity index (χ3v) is 5.67. The van der Waals surface area contributed by atoms with Crippen molar-refractivity contribution in [2.45, 2.75) is 13.0 Å². The van der Waals surface area contributed by atoms with Gasteiger partial charge < -0.3 is 9.88 Å². The van der Waals surface area contributed by atoms with Crippen molar-refractivity contribution >= 4 is 22.7 Å². The van der Waals surface area contributed by atoms with Crippen LogP contribution in [0.15, 0.2) is 66.9 Å². The molecule has 0 saturated carbocycles. The van der Waals surface area contributed by atoms with Crippen molar-refractivity contribution in [1.29, 1.82) is 0 Å². The molecule has 1 aliphatic heterocycles. The summed E-state index contributed by atoms with van der Waals surface area (Å²) in [6.07, 6.45) is 2.04. The Bertz CT molecular complexity index is 1300. The van der Waals surface area contributed by atoms with E-state index in [0.29, 0.717) is 25.2 Å². The van der Waals surface area contributed by atoms with Gasteiger partial charge in [-0.25, -0.2) is 5.48 Å². The molecule has 4 aromatic rings. The highest BCUT2D eigenvalue weighted by Gasteiger charge is 2.27. The third kappa shape index (κ3) is 3.35. The smallest absolute Gasteiger partial charge is 0.276 e. The number of hydrogen-bond acceptors (Lipinski definition) is 4. The van der Waals surface area contributed by atoms with E-state index in [0.717, 1.165) is 33.3 Å². The van der Waals surface area contributed by atoms with Crippen molar-refractivity contribution in [3.63, 3.8) is 0 Å². The van der Waals surface area contributed by atoms with Crippen molar-refractivity contribution in [1.82, 2.24) is 20.3 Å². The third-order valence-electron chi connectivity index (χ3n) is 5.67. The lowest BCUT2D eigenvalue weighted by molar-refractivity contribution is 0.0705. The number of carbonyl (C=O) groups is 2.